The van der Waals surface area contributed by atoms with Crippen molar-refractivity contribution in [1.82, 2.24) is 5.32 Å². The molecule has 2 amide bonds. The lowest BCUT2D eigenvalue weighted by atomic mass is 10.2. The van der Waals surface area contributed by atoms with Crippen LogP contribution in [0.3, 0.4) is 0 Å². The zero-order valence-electron chi connectivity index (χ0n) is 11.7. The predicted molar refractivity (Wildman–Crippen MR) is 82.4 cm³/mol. The first-order chi connectivity index (χ1) is 9.47. The molecule has 0 unspecified atom stereocenters. The van der Waals surface area contributed by atoms with E-state index in [1.807, 2.05) is 25.1 Å². The second kappa shape index (κ2) is 6.39. The van der Waals surface area contributed by atoms with Crippen LogP contribution in [0.25, 0.3) is 0 Å². The van der Waals surface area contributed by atoms with Gasteiger partial charge in [0.15, 0.2) is 0 Å². The molecule has 0 bridgehead atoms. The Bertz CT molecular complexity index is 531. The molecule has 0 saturated heterocycles. The van der Waals surface area contributed by atoms with Crippen LogP contribution in [0.2, 0.25) is 0 Å². The molecule has 1 aliphatic carbocycles. The molecule has 0 spiro atoms. The number of halogens is 1. The van der Waals surface area contributed by atoms with Gasteiger partial charge in [-0.1, -0.05) is 22.9 Å². The van der Waals surface area contributed by atoms with Crippen molar-refractivity contribution in [1.29, 1.82) is 0 Å². The minimum atomic E-state index is -0.0872. The van der Waals surface area contributed by atoms with Gasteiger partial charge in [0.1, 0.15) is 0 Å². The Morgan fingerprint density at radius 1 is 1.40 bits per heavy atom. The maximum Gasteiger partial charge on any atom is 0.226 e. The molecule has 1 saturated carbocycles. The maximum atomic E-state index is 11.8. The molecule has 2 atom stereocenters. The van der Waals surface area contributed by atoms with Crippen molar-refractivity contribution in [2.75, 3.05) is 11.9 Å². The molecule has 4 nitrogen and oxygen atoms in total. The van der Waals surface area contributed by atoms with E-state index in [0.717, 1.165) is 22.1 Å². The molecule has 0 heterocycles. The van der Waals surface area contributed by atoms with Crippen LogP contribution in [-0.2, 0) is 9.59 Å². The van der Waals surface area contributed by atoms with Gasteiger partial charge in [0.05, 0.1) is 0 Å². The van der Waals surface area contributed by atoms with Crippen molar-refractivity contribution in [2.45, 2.75) is 26.7 Å². The standard InChI is InChI=1S/C15H19BrN2O2/c1-9-8-12(9)15(20)17-6-5-14(19)18-11-3-4-13(16)10(2)7-11/h3-4,7,9,12H,5-6,8H2,1-2H3,(H,17,20)(H,18,19)/t9-,12-/m1/s1. The first-order valence-electron chi connectivity index (χ1n) is 6.81. The first-order valence-corrected chi connectivity index (χ1v) is 7.60. The van der Waals surface area contributed by atoms with Crippen LogP contribution in [0.4, 0.5) is 5.69 Å². The van der Waals surface area contributed by atoms with E-state index < -0.39 is 0 Å². The third-order valence-corrected chi connectivity index (χ3v) is 4.43. The Labute approximate surface area is 127 Å². The van der Waals surface area contributed by atoms with Crippen molar-refractivity contribution < 1.29 is 9.59 Å². The van der Waals surface area contributed by atoms with E-state index in [2.05, 4.69) is 33.5 Å². The topological polar surface area (TPSA) is 58.2 Å². The largest absolute Gasteiger partial charge is 0.355 e. The van der Waals surface area contributed by atoms with E-state index in [-0.39, 0.29) is 17.7 Å². The van der Waals surface area contributed by atoms with E-state index in [4.69, 9.17) is 0 Å². The minimum absolute atomic E-state index is 0.0739. The Morgan fingerprint density at radius 3 is 2.70 bits per heavy atom. The number of carbonyl (C=O) groups is 2. The normalized spacial score (nSPS) is 20.4. The number of anilines is 1. The molecule has 0 aliphatic heterocycles. The van der Waals surface area contributed by atoms with Crippen LogP contribution < -0.4 is 10.6 Å². The van der Waals surface area contributed by atoms with Crippen LogP contribution >= 0.6 is 15.9 Å². The number of benzene rings is 1. The van der Waals surface area contributed by atoms with Crippen molar-refractivity contribution in [3.63, 3.8) is 0 Å². The van der Waals surface area contributed by atoms with Crippen molar-refractivity contribution in [3.05, 3.63) is 28.2 Å². The highest BCUT2D eigenvalue weighted by Gasteiger charge is 2.38. The van der Waals surface area contributed by atoms with Gasteiger partial charge in [-0.15, -0.1) is 0 Å². The summed E-state index contributed by atoms with van der Waals surface area (Å²) in [6, 6.07) is 5.66. The summed E-state index contributed by atoms with van der Waals surface area (Å²) in [6.07, 6.45) is 1.26. The highest BCUT2D eigenvalue weighted by Crippen LogP contribution is 2.37. The third-order valence-electron chi connectivity index (χ3n) is 3.54. The summed E-state index contributed by atoms with van der Waals surface area (Å²) in [5, 5.41) is 5.63. The number of carbonyl (C=O) groups excluding carboxylic acids is 2. The van der Waals surface area contributed by atoms with Crippen LogP contribution in [0.1, 0.15) is 25.3 Å². The summed E-state index contributed by atoms with van der Waals surface area (Å²) in [5.41, 5.74) is 1.84. The lowest BCUT2D eigenvalue weighted by Gasteiger charge is -2.08. The van der Waals surface area contributed by atoms with Gasteiger partial charge >= 0.3 is 0 Å². The number of amides is 2. The Morgan fingerprint density at radius 2 is 2.10 bits per heavy atom. The van der Waals surface area contributed by atoms with Crippen molar-refractivity contribution in [3.8, 4) is 0 Å². The minimum Gasteiger partial charge on any atom is -0.355 e. The molecule has 1 fully saturated rings. The summed E-state index contributed by atoms with van der Waals surface area (Å²) >= 11 is 3.42. The molecule has 1 aromatic carbocycles. The third kappa shape index (κ3) is 4.07. The molecule has 2 N–H and O–H groups in total. The Balaban J connectivity index is 1.72. The summed E-state index contributed by atoms with van der Waals surface area (Å²) in [4.78, 5) is 23.4. The fourth-order valence-corrected chi connectivity index (χ4v) is 2.31. The van der Waals surface area contributed by atoms with Gasteiger partial charge in [-0.3, -0.25) is 9.59 Å². The fourth-order valence-electron chi connectivity index (χ4n) is 2.06. The smallest absolute Gasteiger partial charge is 0.226 e. The summed E-state index contributed by atoms with van der Waals surface area (Å²) in [6.45, 7) is 4.42. The molecular formula is C15H19BrN2O2. The Hall–Kier alpha value is -1.36. The molecule has 1 aromatic rings. The molecule has 5 heteroatoms. The van der Waals surface area contributed by atoms with Crippen molar-refractivity contribution >= 4 is 33.4 Å². The molecular weight excluding hydrogens is 320 g/mol. The first kappa shape index (κ1) is 15.0. The van der Waals surface area contributed by atoms with Crippen molar-refractivity contribution in [2.24, 2.45) is 11.8 Å². The molecule has 108 valence electrons. The van der Waals surface area contributed by atoms with Gasteiger partial charge in [0.2, 0.25) is 11.8 Å². The van der Waals surface area contributed by atoms with Gasteiger partial charge < -0.3 is 10.6 Å². The zero-order chi connectivity index (χ0) is 14.7. The van der Waals surface area contributed by atoms with Crippen LogP contribution in [-0.4, -0.2) is 18.4 Å². The Kier molecular flexibility index (Phi) is 4.81. The monoisotopic (exact) mass is 338 g/mol. The average Bonchev–Trinajstić information content (AvgIpc) is 3.11. The zero-order valence-corrected chi connectivity index (χ0v) is 13.3. The SMILES string of the molecule is Cc1cc(NC(=O)CCNC(=O)[C@@H]2C[C@H]2C)ccc1Br. The van der Waals surface area contributed by atoms with E-state index in [9.17, 15) is 9.59 Å². The lowest BCUT2D eigenvalue weighted by molar-refractivity contribution is -0.122. The molecule has 20 heavy (non-hydrogen) atoms. The second-order valence-electron chi connectivity index (χ2n) is 5.37. The fraction of sp³-hybridized carbons (Fsp3) is 0.467. The predicted octanol–water partition coefficient (Wildman–Crippen LogP) is 2.86. The molecule has 0 radical (unpaired) electrons. The van der Waals surface area contributed by atoms with E-state index >= 15 is 0 Å². The highest BCUT2D eigenvalue weighted by atomic mass is 79.9. The van der Waals surface area contributed by atoms with E-state index in [1.54, 1.807) is 0 Å². The number of nitrogens with one attached hydrogen (secondary N) is 2. The van der Waals surface area contributed by atoms with E-state index in [0.29, 0.717) is 18.9 Å². The van der Waals surface area contributed by atoms with Crippen LogP contribution in [0.5, 0.6) is 0 Å². The summed E-state index contributed by atoms with van der Waals surface area (Å²) < 4.78 is 1.02. The summed E-state index contributed by atoms with van der Waals surface area (Å²) in [7, 11) is 0. The quantitative estimate of drug-likeness (QED) is 0.867. The number of hydrogen-bond acceptors (Lipinski definition) is 2. The maximum absolute atomic E-state index is 11.8. The lowest BCUT2D eigenvalue weighted by Crippen LogP contribution is -2.29. The van der Waals surface area contributed by atoms with Gasteiger partial charge in [-0.05, 0) is 43.0 Å². The molecule has 1 aliphatic rings. The van der Waals surface area contributed by atoms with Gasteiger partial charge in [0.25, 0.3) is 0 Å². The van der Waals surface area contributed by atoms with Gasteiger partial charge in [-0.25, -0.2) is 0 Å². The van der Waals surface area contributed by atoms with Gasteiger partial charge in [0, 0.05) is 29.0 Å². The van der Waals surface area contributed by atoms with E-state index in [1.165, 1.54) is 0 Å². The summed E-state index contributed by atoms with van der Waals surface area (Å²) in [5.74, 6) is 0.641. The number of aryl methyl sites for hydroxylation is 1. The highest BCUT2D eigenvalue weighted by molar-refractivity contribution is 9.10. The molecule has 2 rings (SSSR count). The second-order valence-corrected chi connectivity index (χ2v) is 6.23. The van der Waals surface area contributed by atoms with Crippen LogP contribution in [0.15, 0.2) is 22.7 Å². The van der Waals surface area contributed by atoms with Crippen LogP contribution in [0, 0.1) is 18.8 Å². The average molecular weight is 339 g/mol. The van der Waals surface area contributed by atoms with Gasteiger partial charge in [-0.2, -0.15) is 0 Å². The number of rotatable bonds is 5. The molecule has 0 aromatic heterocycles. The number of hydrogen-bond donors (Lipinski definition) is 2.